The Bertz CT molecular complexity index is 497. The van der Waals surface area contributed by atoms with E-state index in [4.69, 9.17) is 4.74 Å². The Morgan fingerprint density at radius 3 is 1.59 bits per heavy atom. The van der Waals surface area contributed by atoms with Gasteiger partial charge in [-0.25, -0.2) is 13.6 Å². The number of halogens is 2. The second kappa shape index (κ2) is 15.6. The van der Waals surface area contributed by atoms with E-state index in [2.05, 4.69) is 6.92 Å². The van der Waals surface area contributed by atoms with E-state index in [9.17, 15) is 13.6 Å². The fourth-order valence-electron chi connectivity index (χ4n) is 3.23. The molecule has 154 valence electrons. The van der Waals surface area contributed by atoms with E-state index in [-0.39, 0.29) is 6.61 Å². The van der Waals surface area contributed by atoms with Gasteiger partial charge in [0.15, 0.2) is 0 Å². The zero-order valence-corrected chi connectivity index (χ0v) is 16.9. The minimum atomic E-state index is -0.916. The lowest BCUT2D eigenvalue weighted by atomic mass is 10.0. The average Bonchev–Trinajstić information content (AvgIpc) is 2.64. The molecule has 4 heteroatoms. The molecule has 0 aliphatic rings. The van der Waals surface area contributed by atoms with Gasteiger partial charge in [-0.15, -0.1) is 0 Å². The minimum absolute atomic E-state index is 0.213. The first kappa shape index (κ1) is 23.6. The van der Waals surface area contributed by atoms with Crippen molar-refractivity contribution in [1.29, 1.82) is 0 Å². The van der Waals surface area contributed by atoms with Gasteiger partial charge in [-0.1, -0.05) is 96.5 Å². The number of unbranched alkanes of at least 4 members (excludes halogenated alkanes) is 13. The summed E-state index contributed by atoms with van der Waals surface area (Å²) in [5.41, 5.74) is -0.595. The van der Waals surface area contributed by atoms with Crippen molar-refractivity contribution in [3.63, 3.8) is 0 Å². The molecule has 0 spiro atoms. The van der Waals surface area contributed by atoms with Gasteiger partial charge in [0.2, 0.25) is 0 Å². The van der Waals surface area contributed by atoms with Crippen LogP contribution in [0.4, 0.5) is 8.78 Å². The highest BCUT2D eigenvalue weighted by Gasteiger charge is 2.17. The molecule has 0 aliphatic carbocycles. The monoisotopic (exact) mass is 382 g/mol. The van der Waals surface area contributed by atoms with E-state index < -0.39 is 23.2 Å². The minimum Gasteiger partial charge on any atom is -0.462 e. The summed E-state index contributed by atoms with van der Waals surface area (Å²) in [6.07, 6.45) is 17.5. The van der Waals surface area contributed by atoms with Crippen molar-refractivity contribution in [3.8, 4) is 0 Å². The molecule has 27 heavy (non-hydrogen) atoms. The van der Waals surface area contributed by atoms with Gasteiger partial charge in [0.05, 0.1) is 6.61 Å². The second-order valence-electron chi connectivity index (χ2n) is 7.33. The van der Waals surface area contributed by atoms with Gasteiger partial charge in [-0.2, -0.15) is 0 Å². The predicted octanol–water partition coefficient (Wildman–Crippen LogP) is 7.60. The van der Waals surface area contributed by atoms with Crippen LogP contribution in [0.15, 0.2) is 18.2 Å². The Morgan fingerprint density at radius 1 is 0.741 bits per heavy atom. The maximum atomic E-state index is 13.5. The molecule has 1 aromatic rings. The Balaban J connectivity index is 1.90. The van der Waals surface area contributed by atoms with Crippen LogP contribution in [-0.4, -0.2) is 12.6 Å². The number of hydrogen-bond donors (Lipinski definition) is 0. The largest absolute Gasteiger partial charge is 0.462 e. The van der Waals surface area contributed by atoms with Gasteiger partial charge in [-0.05, 0) is 18.6 Å². The highest BCUT2D eigenvalue weighted by molar-refractivity contribution is 5.89. The smallest absolute Gasteiger partial charge is 0.344 e. The Hall–Kier alpha value is -1.45. The highest BCUT2D eigenvalue weighted by atomic mass is 19.1. The summed E-state index contributed by atoms with van der Waals surface area (Å²) in [5.74, 6) is -2.66. The number of carbonyl (C=O) groups is 1. The molecule has 0 radical (unpaired) electrons. The molecule has 2 nitrogen and oxygen atoms in total. The Kier molecular flexibility index (Phi) is 13.6. The van der Waals surface area contributed by atoms with E-state index in [1.54, 1.807) is 0 Å². The quantitative estimate of drug-likeness (QED) is 0.217. The lowest BCUT2D eigenvalue weighted by Gasteiger charge is -2.06. The molecule has 0 atom stereocenters. The highest BCUT2D eigenvalue weighted by Crippen LogP contribution is 2.15. The second-order valence-corrected chi connectivity index (χ2v) is 7.33. The fourth-order valence-corrected chi connectivity index (χ4v) is 3.23. The molecule has 0 saturated carbocycles. The molecule has 0 fully saturated rings. The third-order valence-corrected chi connectivity index (χ3v) is 4.90. The van der Waals surface area contributed by atoms with Crippen LogP contribution in [0.3, 0.4) is 0 Å². The molecule has 0 saturated heterocycles. The number of hydrogen-bond acceptors (Lipinski definition) is 2. The van der Waals surface area contributed by atoms with Gasteiger partial charge in [0.1, 0.15) is 17.2 Å². The molecule has 0 aliphatic heterocycles. The lowest BCUT2D eigenvalue weighted by Crippen LogP contribution is -2.11. The van der Waals surface area contributed by atoms with E-state index in [0.29, 0.717) is 0 Å². The van der Waals surface area contributed by atoms with Crippen molar-refractivity contribution in [2.45, 2.75) is 96.8 Å². The summed E-state index contributed by atoms with van der Waals surface area (Å²) in [6.45, 7) is 2.46. The number of carbonyl (C=O) groups excluding carboxylic acids is 1. The molecule has 0 N–H and O–H groups in total. The molecular formula is C23H36F2O2. The lowest BCUT2D eigenvalue weighted by molar-refractivity contribution is 0.0486. The fraction of sp³-hybridized carbons (Fsp3) is 0.696. The van der Waals surface area contributed by atoms with E-state index in [1.807, 2.05) is 0 Å². The van der Waals surface area contributed by atoms with Crippen molar-refractivity contribution >= 4 is 5.97 Å². The van der Waals surface area contributed by atoms with Crippen LogP contribution in [0, 0.1) is 11.6 Å². The molecule has 1 rings (SSSR count). The molecule has 0 unspecified atom stereocenters. The van der Waals surface area contributed by atoms with Gasteiger partial charge in [0.25, 0.3) is 0 Å². The van der Waals surface area contributed by atoms with Gasteiger partial charge in [-0.3, -0.25) is 0 Å². The van der Waals surface area contributed by atoms with Crippen molar-refractivity contribution in [3.05, 3.63) is 35.4 Å². The summed E-state index contributed by atoms with van der Waals surface area (Å²) < 4.78 is 31.9. The molecule has 0 amide bonds. The van der Waals surface area contributed by atoms with Crippen molar-refractivity contribution < 1.29 is 18.3 Å². The predicted molar refractivity (Wildman–Crippen MR) is 107 cm³/mol. The first-order chi connectivity index (χ1) is 13.2. The van der Waals surface area contributed by atoms with Crippen molar-refractivity contribution in [2.24, 2.45) is 0 Å². The van der Waals surface area contributed by atoms with Gasteiger partial charge < -0.3 is 4.74 Å². The molecular weight excluding hydrogens is 346 g/mol. The SMILES string of the molecule is CCCCCCCCCCCCCCCCOC(=O)c1c(F)cccc1F. The van der Waals surface area contributed by atoms with E-state index >= 15 is 0 Å². The number of ether oxygens (including phenoxy) is 1. The topological polar surface area (TPSA) is 26.3 Å². The molecule has 0 bridgehead atoms. The first-order valence-electron chi connectivity index (χ1n) is 10.8. The number of esters is 1. The van der Waals surface area contributed by atoms with Crippen LogP contribution < -0.4 is 0 Å². The first-order valence-corrected chi connectivity index (χ1v) is 10.8. The molecule has 1 aromatic carbocycles. The standard InChI is InChI=1S/C23H36F2O2/c1-2-3-4-5-6-7-8-9-10-11-12-13-14-15-19-27-23(26)22-20(24)17-16-18-21(22)25/h16-18H,2-15,19H2,1H3. The maximum Gasteiger partial charge on any atom is 0.344 e. The summed E-state index contributed by atoms with van der Waals surface area (Å²) in [7, 11) is 0. The summed E-state index contributed by atoms with van der Waals surface area (Å²) in [4.78, 5) is 11.7. The molecule has 0 heterocycles. The third kappa shape index (κ3) is 11.1. The van der Waals surface area contributed by atoms with Crippen LogP contribution in [-0.2, 0) is 4.74 Å². The van der Waals surface area contributed by atoms with Crippen LogP contribution in [0.5, 0.6) is 0 Å². The van der Waals surface area contributed by atoms with Gasteiger partial charge >= 0.3 is 5.97 Å². The summed E-state index contributed by atoms with van der Waals surface area (Å²) in [5, 5.41) is 0. The van der Waals surface area contributed by atoms with Gasteiger partial charge in [0, 0.05) is 0 Å². The van der Waals surface area contributed by atoms with Crippen LogP contribution in [0.25, 0.3) is 0 Å². The van der Waals surface area contributed by atoms with Crippen LogP contribution >= 0.6 is 0 Å². The normalized spacial score (nSPS) is 10.9. The van der Waals surface area contributed by atoms with Crippen molar-refractivity contribution in [1.82, 2.24) is 0 Å². The van der Waals surface area contributed by atoms with Crippen LogP contribution in [0.1, 0.15) is 107 Å². The zero-order valence-electron chi connectivity index (χ0n) is 16.9. The maximum absolute atomic E-state index is 13.5. The molecule has 0 aromatic heterocycles. The Morgan fingerprint density at radius 2 is 1.15 bits per heavy atom. The van der Waals surface area contributed by atoms with Crippen molar-refractivity contribution in [2.75, 3.05) is 6.61 Å². The third-order valence-electron chi connectivity index (χ3n) is 4.90. The van der Waals surface area contributed by atoms with E-state index in [0.717, 1.165) is 31.4 Å². The zero-order chi connectivity index (χ0) is 19.7. The summed E-state index contributed by atoms with van der Waals surface area (Å²) in [6, 6.07) is 3.35. The number of rotatable bonds is 16. The number of benzene rings is 1. The average molecular weight is 383 g/mol. The van der Waals surface area contributed by atoms with E-state index in [1.165, 1.54) is 76.7 Å². The van der Waals surface area contributed by atoms with Crippen LogP contribution in [0.2, 0.25) is 0 Å². The summed E-state index contributed by atoms with van der Waals surface area (Å²) >= 11 is 0. The Labute approximate surface area is 163 Å².